The summed E-state index contributed by atoms with van der Waals surface area (Å²) in [6.07, 6.45) is 0. The van der Waals surface area contributed by atoms with Gasteiger partial charge in [-0.3, -0.25) is 4.79 Å². The highest BCUT2D eigenvalue weighted by molar-refractivity contribution is 8.00. The van der Waals surface area contributed by atoms with Crippen LogP contribution in [0.1, 0.15) is 18.1 Å². The Hall–Kier alpha value is -1.89. The predicted octanol–water partition coefficient (Wildman–Crippen LogP) is 1.95. The number of tetrazole rings is 1. The van der Waals surface area contributed by atoms with Crippen molar-refractivity contribution in [3.63, 3.8) is 0 Å². The van der Waals surface area contributed by atoms with Gasteiger partial charge in [0.1, 0.15) is 0 Å². The first-order chi connectivity index (χ1) is 9.47. The Balaban J connectivity index is 2.02. The SMILES string of the molecule is Cc1ccc(NC(=O)C(C)Sc2nnnn2C)c(C)c1. The molecule has 0 aliphatic heterocycles. The number of hydrogen-bond donors (Lipinski definition) is 1. The Morgan fingerprint density at radius 2 is 2.15 bits per heavy atom. The summed E-state index contributed by atoms with van der Waals surface area (Å²) in [5.41, 5.74) is 3.06. The van der Waals surface area contributed by atoms with Crippen LogP contribution in [0.4, 0.5) is 5.69 Å². The molecule has 0 fully saturated rings. The topological polar surface area (TPSA) is 72.7 Å². The smallest absolute Gasteiger partial charge is 0.237 e. The van der Waals surface area contributed by atoms with Crippen molar-refractivity contribution >= 4 is 23.4 Å². The summed E-state index contributed by atoms with van der Waals surface area (Å²) >= 11 is 1.33. The molecule has 0 aliphatic carbocycles. The van der Waals surface area contributed by atoms with Gasteiger partial charge in [-0.25, -0.2) is 4.68 Å². The first kappa shape index (κ1) is 14.5. The van der Waals surface area contributed by atoms with Crippen LogP contribution in [-0.2, 0) is 11.8 Å². The van der Waals surface area contributed by atoms with Gasteiger partial charge < -0.3 is 5.32 Å². The van der Waals surface area contributed by atoms with Crippen LogP contribution in [0.2, 0.25) is 0 Å². The van der Waals surface area contributed by atoms with Crippen LogP contribution in [0.3, 0.4) is 0 Å². The van der Waals surface area contributed by atoms with E-state index in [1.54, 1.807) is 11.7 Å². The molecule has 6 nitrogen and oxygen atoms in total. The average molecular weight is 291 g/mol. The number of amides is 1. The summed E-state index contributed by atoms with van der Waals surface area (Å²) in [4.78, 5) is 12.2. The van der Waals surface area contributed by atoms with E-state index < -0.39 is 0 Å². The van der Waals surface area contributed by atoms with Crippen molar-refractivity contribution in [1.82, 2.24) is 20.2 Å². The number of anilines is 1. The van der Waals surface area contributed by atoms with Crippen molar-refractivity contribution in [3.8, 4) is 0 Å². The Labute approximate surface area is 121 Å². The molecule has 0 spiro atoms. The fraction of sp³-hybridized carbons (Fsp3) is 0.385. The maximum atomic E-state index is 12.2. The van der Waals surface area contributed by atoms with Gasteiger partial charge in [0.2, 0.25) is 11.1 Å². The van der Waals surface area contributed by atoms with E-state index in [2.05, 4.69) is 20.8 Å². The third kappa shape index (κ3) is 3.36. The largest absolute Gasteiger partial charge is 0.325 e. The predicted molar refractivity (Wildman–Crippen MR) is 78.7 cm³/mol. The second-order valence-electron chi connectivity index (χ2n) is 4.65. The standard InChI is InChI=1S/C13H17N5OS/c1-8-5-6-11(9(2)7-8)14-12(19)10(3)20-13-15-16-17-18(13)4/h5-7,10H,1-4H3,(H,14,19). The molecule has 1 unspecified atom stereocenters. The number of aryl methyl sites for hydroxylation is 3. The highest BCUT2D eigenvalue weighted by Crippen LogP contribution is 2.22. The lowest BCUT2D eigenvalue weighted by molar-refractivity contribution is -0.115. The lowest BCUT2D eigenvalue weighted by Gasteiger charge is -2.13. The molecule has 1 heterocycles. The van der Waals surface area contributed by atoms with Crippen LogP contribution < -0.4 is 5.32 Å². The van der Waals surface area contributed by atoms with Crippen molar-refractivity contribution in [3.05, 3.63) is 29.3 Å². The van der Waals surface area contributed by atoms with Crippen LogP contribution in [0.5, 0.6) is 0 Å². The molecule has 1 N–H and O–H groups in total. The zero-order valence-electron chi connectivity index (χ0n) is 11.9. The normalized spacial score (nSPS) is 12.2. The summed E-state index contributed by atoms with van der Waals surface area (Å²) in [7, 11) is 1.75. The molecule has 0 bridgehead atoms. The fourth-order valence-corrected chi connectivity index (χ4v) is 2.48. The molecule has 1 atom stereocenters. The van der Waals surface area contributed by atoms with E-state index in [-0.39, 0.29) is 11.2 Å². The maximum absolute atomic E-state index is 12.2. The minimum absolute atomic E-state index is 0.0649. The van der Waals surface area contributed by atoms with Crippen LogP contribution >= 0.6 is 11.8 Å². The molecule has 2 rings (SSSR count). The number of thioether (sulfide) groups is 1. The number of aromatic nitrogens is 4. The van der Waals surface area contributed by atoms with Gasteiger partial charge in [0, 0.05) is 12.7 Å². The monoisotopic (exact) mass is 291 g/mol. The third-order valence-corrected chi connectivity index (χ3v) is 4.00. The van der Waals surface area contributed by atoms with E-state index in [1.165, 1.54) is 17.3 Å². The van der Waals surface area contributed by atoms with E-state index in [1.807, 2.05) is 39.0 Å². The summed E-state index contributed by atoms with van der Waals surface area (Å²) < 4.78 is 1.55. The van der Waals surface area contributed by atoms with Crippen molar-refractivity contribution in [1.29, 1.82) is 0 Å². The van der Waals surface area contributed by atoms with Gasteiger partial charge in [-0.1, -0.05) is 29.5 Å². The van der Waals surface area contributed by atoms with Crippen LogP contribution in [-0.4, -0.2) is 31.4 Å². The van der Waals surface area contributed by atoms with Gasteiger partial charge in [0.15, 0.2) is 0 Å². The number of rotatable bonds is 4. The molecular formula is C13H17N5OS. The van der Waals surface area contributed by atoms with Crippen LogP contribution in [0.15, 0.2) is 23.4 Å². The van der Waals surface area contributed by atoms with Gasteiger partial charge in [-0.05, 0) is 42.8 Å². The van der Waals surface area contributed by atoms with Gasteiger partial charge in [-0.15, -0.1) is 5.10 Å². The minimum atomic E-state index is -0.277. The molecule has 106 valence electrons. The molecular weight excluding hydrogens is 274 g/mol. The number of nitrogens with one attached hydrogen (secondary N) is 1. The Bertz CT molecular complexity index is 625. The molecule has 20 heavy (non-hydrogen) atoms. The maximum Gasteiger partial charge on any atom is 0.237 e. The van der Waals surface area contributed by atoms with Gasteiger partial charge in [0.05, 0.1) is 5.25 Å². The minimum Gasteiger partial charge on any atom is -0.325 e. The Morgan fingerprint density at radius 1 is 1.40 bits per heavy atom. The highest BCUT2D eigenvalue weighted by atomic mass is 32.2. The number of nitrogens with zero attached hydrogens (tertiary/aromatic N) is 4. The van der Waals surface area contributed by atoms with Crippen molar-refractivity contribution < 1.29 is 4.79 Å². The second kappa shape index (κ2) is 6.04. The molecule has 0 aliphatic rings. The zero-order valence-corrected chi connectivity index (χ0v) is 12.7. The van der Waals surface area contributed by atoms with E-state index in [4.69, 9.17) is 0 Å². The molecule has 7 heteroatoms. The van der Waals surface area contributed by atoms with Gasteiger partial charge in [-0.2, -0.15) is 0 Å². The Kier molecular flexibility index (Phi) is 4.39. The molecule has 1 aromatic carbocycles. The van der Waals surface area contributed by atoms with Crippen LogP contribution in [0.25, 0.3) is 0 Å². The second-order valence-corrected chi connectivity index (χ2v) is 5.96. The van der Waals surface area contributed by atoms with Gasteiger partial charge in [0.25, 0.3) is 0 Å². The lowest BCUT2D eigenvalue weighted by Crippen LogP contribution is -2.23. The van der Waals surface area contributed by atoms with E-state index in [9.17, 15) is 4.79 Å². The highest BCUT2D eigenvalue weighted by Gasteiger charge is 2.18. The van der Waals surface area contributed by atoms with E-state index >= 15 is 0 Å². The number of hydrogen-bond acceptors (Lipinski definition) is 5. The summed E-state index contributed by atoms with van der Waals surface area (Å²) in [5.74, 6) is -0.0649. The first-order valence-electron chi connectivity index (χ1n) is 6.24. The molecule has 0 saturated carbocycles. The summed E-state index contributed by atoms with van der Waals surface area (Å²) in [6, 6.07) is 5.94. The number of carbonyl (C=O) groups is 1. The number of carbonyl (C=O) groups excluding carboxylic acids is 1. The van der Waals surface area contributed by atoms with Crippen molar-refractivity contribution in [2.45, 2.75) is 31.2 Å². The average Bonchev–Trinajstić information content (AvgIpc) is 2.78. The molecule has 1 aromatic heterocycles. The molecule has 0 radical (unpaired) electrons. The van der Waals surface area contributed by atoms with Gasteiger partial charge >= 0.3 is 0 Å². The molecule has 2 aromatic rings. The van der Waals surface area contributed by atoms with Crippen molar-refractivity contribution in [2.24, 2.45) is 7.05 Å². The first-order valence-corrected chi connectivity index (χ1v) is 7.12. The summed E-state index contributed by atoms with van der Waals surface area (Å²) in [6.45, 7) is 5.84. The van der Waals surface area contributed by atoms with E-state index in [0.717, 1.165) is 11.3 Å². The fourth-order valence-electron chi connectivity index (χ4n) is 1.72. The zero-order chi connectivity index (χ0) is 14.7. The van der Waals surface area contributed by atoms with Crippen LogP contribution in [0, 0.1) is 13.8 Å². The van der Waals surface area contributed by atoms with Crippen molar-refractivity contribution in [2.75, 3.05) is 5.32 Å². The Morgan fingerprint density at radius 3 is 2.75 bits per heavy atom. The quantitative estimate of drug-likeness (QED) is 0.872. The third-order valence-electron chi connectivity index (χ3n) is 2.87. The van der Waals surface area contributed by atoms with E-state index in [0.29, 0.717) is 5.16 Å². The number of benzene rings is 1. The molecule has 1 amide bonds. The lowest BCUT2D eigenvalue weighted by atomic mass is 10.1. The molecule has 0 saturated heterocycles. The summed E-state index contributed by atoms with van der Waals surface area (Å²) in [5, 5.41) is 14.4.